The average Bonchev–Trinajstić information content (AvgIpc) is 2.97. The van der Waals surface area contributed by atoms with E-state index in [4.69, 9.17) is 9.51 Å². The molecule has 4 nitrogen and oxygen atoms in total. The number of rotatable bonds is 3. The molecule has 118 valence electrons. The van der Waals surface area contributed by atoms with E-state index in [1.165, 1.54) is 32.1 Å². The Labute approximate surface area is 128 Å². The SMILES string of the molecule is CC1CCNC(c2nc(C3CCC(C(C)C)CC3)no2)C1. The Hall–Kier alpha value is -0.900. The summed E-state index contributed by atoms with van der Waals surface area (Å²) in [5.74, 6) is 4.70. The molecular weight excluding hydrogens is 262 g/mol. The lowest BCUT2D eigenvalue weighted by molar-refractivity contribution is 0.247. The number of nitrogens with zero attached hydrogens (tertiary/aromatic N) is 2. The number of aromatic nitrogens is 2. The lowest BCUT2D eigenvalue weighted by Crippen LogP contribution is -2.31. The van der Waals surface area contributed by atoms with Crippen LogP contribution >= 0.6 is 0 Å². The van der Waals surface area contributed by atoms with Crippen LogP contribution in [0.3, 0.4) is 0 Å². The molecule has 1 saturated heterocycles. The monoisotopic (exact) mass is 291 g/mol. The molecule has 2 heterocycles. The fraction of sp³-hybridized carbons (Fsp3) is 0.882. The quantitative estimate of drug-likeness (QED) is 0.912. The molecule has 1 N–H and O–H groups in total. The normalized spacial score (nSPS) is 34.3. The number of hydrogen-bond donors (Lipinski definition) is 1. The summed E-state index contributed by atoms with van der Waals surface area (Å²) in [5, 5.41) is 7.79. The maximum atomic E-state index is 5.56. The van der Waals surface area contributed by atoms with Crippen LogP contribution in [0, 0.1) is 17.8 Å². The molecule has 4 heteroatoms. The summed E-state index contributed by atoms with van der Waals surface area (Å²) in [6, 6.07) is 0.266. The smallest absolute Gasteiger partial charge is 0.243 e. The van der Waals surface area contributed by atoms with Crippen molar-refractivity contribution < 1.29 is 4.52 Å². The minimum absolute atomic E-state index is 0.266. The molecule has 1 aliphatic carbocycles. The van der Waals surface area contributed by atoms with Crippen LogP contribution in [0.1, 0.15) is 83.0 Å². The topological polar surface area (TPSA) is 51.0 Å². The maximum Gasteiger partial charge on any atom is 0.243 e. The minimum Gasteiger partial charge on any atom is -0.338 e. The van der Waals surface area contributed by atoms with E-state index >= 15 is 0 Å². The highest BCUT2D eigenvalue weighted by Gasteiger charge is 2.29. The molecule has 2 aliphatic rings. The van der Waals surface area contributed by atoms with Crippen molar-refractivity contribution in [2.75, 3.05) is 6.54 Å². The summed E-state index contributed by atoms with van der Waals surface area (Å²) in [5.41, 5.74) is 0. The zero-order valence-corrected chi connectivity index (χ0v) is 13.6. The van der Waals surface area contributed by atoms with Gasteiger partial charge in [0.1, 0.15) is 0 Å². The van der Waals surface area contributed by atoms with E-state index in [1.54, 1.807) is 0 Å². The number of piperidine rings is 1. The Morgan fingerprint density at radius 2 is 1.90 bits per heavy atom. The second-order valence-corrected chi connectivity index (χ2v) is 7.48. The Morgan fingerprint density at radius 3 is 2.57 bits per heavy atom. The highest BCUT2D eigenvalue weighted by molar-refractivity contribution is 5.01. The van der Waals surface area contributed by atoms with Gasteiger partial charge in [-0.1, -0.05) is 25.9 Å². The Balaban J connectivity index is 1.60. The summed E-state index contributed by atoms with van der Waals surface area (Å²) in [7, 11) is 0. The van der Waals surface area contributed by atoms with Crippen molar-refractivity contribution in [2.45, 2.75) is 71.3 Å². The van der Waals surface area contributed by atoms with Gasteiger partial charge in [0.25, 0.3) is 0 Å². The lowest BCUT2D eigenvalue weighted by atomic mass is 9.77. The van der Waals surface area contributed by atoms with Crippen molar-refractivity contribution in [3.05, 3.63) is 11.7 Å². The Kier molecular flexibility index (Phi) is 4.63. The summed E-state index contributed by atoms with van der Waals surface area (Å²) in [4.78, 5) is 4.72. The van der Waals surface area contributed by atoms with Gasteiger partial charge in [0, 0.05) is 5.92 Å². The van der Waals surface area contributed by atoms with E-state index in [1.807, 2.05) is 0 Å². The first-order chi connectivity index (χ1) is 10.1. The molecule has 1 aliphatic heterocycles. The van der Waals surface area contributed by atoms with Crippen molar-refractivity contribution in [1.82, 2.24) is 15.5 Å². The molecule has 1 aromatic rings. The van der Waals surface area contributed by atoms with Gasteiger partial charge < -0.3 is 9.84 Å². The van der Waals surface area contributed by atoms with Crippen LogP contribution in [0.4, 0.5) is 0 Å². The Morgan fingerprint density at radius 1 is 1.14 bits per heavy atom. The summed E-state index contributed by atoms with van der Waals surface area (Å²) < 4.78 is 5.56. The maximum absolute atomic E-state index is 5.56. The Bertz CT molecular complexity index is 449. The molecule has 0 spiro atoms. The van der Waals surface area contributed by atoms with Gasteiger partial charge in [0.2, 0.25) is 5.89 Å². The van der Waals surface area contributed by atoms with E-state index < -0.39 is 0 Å². The van der Waals surface area contributed by atoms with Crippen LogP contribution in [0.15, 0.2) is 4.52 Å². The largest absolute Gasteiger partial charge is 0.338 e. The first-order valence-electron chi connectivity index (χ1n) is 8.70. The fourth-order valence-electron chi connectivity index (χ4n) is 3.89. The molecule has 3 rings (SSSR count). The van der Waals surface area contributed by atoms with E-state index in [0.717, 1.165) is 42.4 Å². The van der Waals surface area contributed by atoms with Crippen LogP contribution in [0.5, 0.6) is 0 Å². The van der Waals surface area contributed by atoms with Gasteiger partial charge in [-0.3, -0.25) is 0 Å². The van der Waals surface area contributed by atoms with Gasteiger partial charge in [-0.15, -0.1) is 0 Å². The zero-order valence-electron chi connectivity index (χ0n) is 13.6. The third-order valence-electron chi connectivity index (χ3n) is 5.50. The summed E-state index contributed by atoms with van der Waals surface area (Å²) in [6.45, 7) is 8.04. The van der Waals surface area contributed by atoms with E-state index in [0.29, 0.717) is 5.92 Å². The molecule has 1 saturated carbocycles. The highest BCUT2D eigenvalue weighted by atomic mass is 16.5. The first kappa shape index (κ1) is 15.0. The second kappa shape index (κ2) is 6.47. The van der Waals surface area contributed by atoms with Crippen LogP contribution < -0.4 is 5.32 Å². The fourth-order valence-corrected chi connectivity index (χ4v) is 3.89. The van der Waals surface area contributed by atoms with Crippen molar-refractivity contribution in [1.29, 1.82) is 0 Å². The van der Waals surface area contributed by atoms with Crippen molar-refractivity contribution >= 4 is 0 Å². The molecule has 2 unspecified atom stereocenters. The molecular formula is C17H29N3O. The first-order valence-corrected chi connectivity index (χ1v) is 8.70. The van der Waals surface area contributed by atoms with Crippen LogP contribution in [-0.2, 0) is 0 Å². The third-order valence-corrected chi connectivity index (χ3v) is 5.50. The number of nitrogens with one attached hydrogen (secondary N) is 1. The van der Waals surface area contributed by atoms with Gasteiger partial charge >= 0.3 is 0 Å². The van der Waals surface area contributed by atoms with Gasteiger partial charge in [-0.05, 0) is 62.8 Å². The molecule has 0 amide bonds. The molecule has 2 atom stereocenters. The lowest BCUT2D eigenvalue weighted by Gasteiger charge is -2.29. The second-order valence-electron chi connectivity index (χ2n) is 7.48. The van der Waals surface area contributed by atoms with E-state index in [-0.39, 0.29) is 6.04 Å². The highest BCUT2D eigenvalue weighted by Crippen LogP contribution is 2.38. The predicted molar refractivity (Wildman–Crippen MR) is 83.0 cm³/mol. The minimum atomic E-state index is 0.266. The standard InChI is InChI=1S/C17H29N3O/c1-11(2)13-4-6-14(7-5-13)16-19-17(21-20-16)15-10-12(3)8-9-18-15/h11-15,18H,4-10H2,1-3H3. The van der Waals surface area contributed by atoms with Crippen molar-refractivity contribution in [2.24, 2.45) is 17.8 Å². The van der Waals surface area contributed by atoms with Crippen LogP contribution in [0.25, 0.3) is 0 Å². The van der Waals surface area contributed by atoms with Crippen LogP contribution in [-0.4, -0.2) is 16.7 Å². The van der Waals surface area contributed by atoms with Crippen molar-refractivity contribution in [3.63, 3.8) is 0 Å². The summed E-state index contributed by atoms with van der Waals surface area (Å²) in [6.07, 6.45) is 7.42. The number of hydrogen-bond acceptors (Lipinski definition) is 4. The average molecular weight is 291 g/mol. The molecule has 0 bridgehead atoms. The van der Waals surface area contributed by atoms with E-state index in [2.05, 4.69) is 31.2 Å². The molecule has 0 radical (unpaired) electrons. The third kappa shape index (κ3) is 3.47. The van der Waals surface area contributed by atoms with Gasteiger partial charge in [-0.25, -0.2) is 0 Å². The molecule has 21 heavy (non-hydrogen) atoms. The van der Waals surface area contributed by atoms with Crippen LogP contribution in [0.2, 0.25) is 0 Å². The van der Waals surface area contributed by atoms with Gasteiger partial charge in [0.05, 0.1) is 6.04 Å². The zero-order chi connectivity index (χ0) is 14.8. The van der Waals surface area contributed by atoms with Gasteiger partial charge in [-0.2, -0.15) is 4.98 Å². The molecule has 0 aromatic carbocycles. The van der Waals surface area contributed by atoms with Crippen molar-refractivity contribution in [3.8, 4) is 0 Å². The molecule has 1 aromatic heterocycles. The van der Waals surface area contributed by atoms with Gasteiger partial charge in [0.15, 0.2) is 5.82 Å². The molecule has 2 fully saturated rings. The van der Waals surface area contributed by atoms with E-state index in [9.17, 15) is 0 Å². The summed E-state index contributed by atoms with van der Waals surface area (Å²) >= 11 is 0. The predicted octanol–water partition coefficient (Wildman–Crippen LogP) is 4.06.